The van der Waals surface area contributed by atoms with Crippen LogP contribution in [0, 0.1) is 0 Å². The maximum Gasteiger partial charge on any atom is 0.138 e. The van der Waals surface area contributed by atoms with Gasteiger partial charge in [-0.05, 0) is 37.6 Å². The predicted octanol–water partition coefficient (Wildman–Crippen LogP) is 3.12. The highest BCUT2D eigenvalue weighted by atomic mass is 35.5. The van der Waals surface area contributed by atoms with Crippen molar-refractivity contribution in [3.63, 3.8) is 0 Å². The average Bonchev–Trinajstić information content (AvgIpc) is 2.69. The summed E-state index contributed by atoms with van der Waals surface area (Å²) in [4.78, 5) is 0. The van der Waals surface area contributed by atoms with Crippen molar-refractivity contribution in [2.75, 3.05) is 13.2 Å². The monoisotopic (exact) mass is 245 g/mol. The van der Waals surface area contributed by atoms with Gasteiger partial charge in [0, 0.05) is 11.1 Å². The van der Waals surface area contributed by atoms with E-state index in [0.717, 1.165) is 6.54 Å². The van der Waals surface area contributed by atoms with Gasteiger partial charge >= 0.3 is 0 Å². The van der Waals surface area contributed by atoms with Crippen LogP contribution < -0.4 is 10.1 Å². The van der Waals surface area contributed by atoms with Gasteiger partial charge < -0.3 is 10.1 Å². The number of rotatable bonds is 3. The Hall–Kier alpha value is -0.440. The first-order valence-corrected chi connectivity index (χ1v) is 5.82. The third-order valence-electron chi connectivity index (χ3n) is 2.50. The van der Waals surface area contributed by atoms with Crippen LogP contribution in [0.25, 0.3) is 0 Å². The van der Waals surface area contributed by atoms with Crippen molar-refractivity contribution in [1.82, 2.24) is 5.32 Å². The lowest BCUT2D eigenvalue weighted by molar-refractivity contribution is 0.277. The summed E-state index contributed by atoms with van der Waals surface area (Å²) in [6.45, 7) is 1.75. The first-order valence-electron chi connectivity index (χ1n) is 5.07. The SMILES string of the molecule is Clc1ccc(OC[C@@H]2CCCN2)c(Cl)c1. The van der Waals surface area contributed by atoms with Crippen LogP contribution in [0.1, 0.15) is 12.8 Å². The Morgan fingerprint density at radius 3 is 2.93 bits per heavy atom. The molecule has 2 rings (SSSR count). The molecule has 0 unspecified atom stereocenters. The fourth-order valence-corrected chi connectivity index (χ4v) is 2.14. The zero-order valence-electron chi connectivity index (χ0n) is 8.30. The Morgan fingerprint density at radius 1 is 1.40 bits per heavy atom. The number of hydrogen-bond acceptors (Lipinski definition) is 2. The highest BCUT2D eigenvalue weighted by molar-refractivity contribution is 6.35. The van der Waals surface area contributed by atoms with Gasteiger partial charge in [0.2, 0.25) is 0 Å². The second-order valence-electron chi connectivity index (χ2n) is 3.68. The van der Waals surface area contributed by atoms with Crippen LogP contribution in [0.5, 0.6) is 5.75 Å². The topological polar surface area (TPSA) is 21.3 Å². The van der Waals surface area contributed by atoms with Crippen molar-refractivity contribution in [2.24, 2.45) is 0 Å². The normalized spacial score (nSPS) is 20.5. The third kappa shape index (κ3) is 3.00. The van der Waals surface area contributed by atoms with E-state index in [9.17, 15) is 0 Å². The van der Waals surface area contributed by atoms with Gasteiger partial charge in [-0.15, -0.1) is 0 Å². The molecule has 0 spiro atoms. The second-order valence-corrected chi connectivity index (χ2v) is 4.52. The standard InChI is InChI=1S/C11H13Cl2NO/c12-8-3-4-11(10(13)6-8)15-7-9-2-1-5-14-9/h3-4,6,9,14H,1-2,5,7H2/t9-/m0/s1. The van der Waals surface area contributed by atoms with Gasteiger partial charge in [-0.25, -0.2) is 0 Å². The summed E-state index contributed by atoms with van der Waals surface area (Å²) >= 11 is 11.8. The van der Waals surface area contributed by atoms with Crippen molar-refractivity contribution >= 4 is 23.2 Å². The summed E-state index contributed by atoms with van der Waals surface area (Å²) in [6, 6.07) is 5.74. The van der Waals surface area contributed by atoms with E-state index in [2.05, 4.69) is 5.32 Å². The number of benzene rings is 1. The van der Waals surface area contributed by atoms with Crippen LogP contribution in [0.15, 0.2) is 18.2 Å². The molecule has 82 valence electrons. The summed E-state index contributed by atoms with van der Waals surface area (Å²) in [5, 5.41) is 4.56. The first kappa shape index (κ1) is 11.1. The summed E-state index contributed by atoms with van der Waals surface area (Å²) in [5.74, 6) is 0.703. The fraction of sp³-hybridized carbons (Fsp3) is 0.455. The minimum atomic E-state index is 0.455. The molecule has 1 heterocycles. The van der Waals surface area contributed by atoms with E-state index in [4.69, 9.17) is 27.9 Å². The molecule has 0 bridgehead atoms. The van der Waals surface area contributed by atoms with Crippen molar-refractivity contribution in [3.8, 4) is 5.75 Å². The van der Waals surface area contributed by atoms with Crippen LogP contribution in [-0.4, -0.2) is 19.2 Å². The lowest BCUT2D eigenvalue weighted by atomic mass is 10.2. The van der Waals surface area contributed by atoms with E-state index < -0.39 is 0 Å². The Kier molecular flexibility index (Phi) is 3.73. The van der Waals surface area contributed by atoms with Crippen molar-refractivity contribution in [1.29, 1.82) is 0 Å². The first-order chi connectivity index (χ1) is 7.25. The minimum Gasteiger partial charge on any atom is -0.490 e. The molecular formula is C11H13Cl2NO. The van der Waals surface area contributed by atoms with E-state index in [0.29, 0.717) is 28.4 Å². The third-order valence-corrected chi connectivity index (χ3v) is 3.03. The Balaban J connectivity index is 1.92. The number of hydrogen-bond donors (Lipinski definition) is 1. The summed E-state index contributed by atoms with van der Waals surface area (Å²) in [6.07, 6.45) is 2.40. The van der Waals surface area contributed by atoms with Gasteiger partial charge in [-0.1, -0.05) is 23.2 Å². The molecule has 1 aliphatic heterocycles. The largest absolute Gasteiger partial charge is 0.490 e. The quantitative estimate of drug-likeness (QED) is 0.884. The molecule has 1 fully saturated rings. The minimum absolute atomic E-state index is 0.455. The smallest absolute Gasteiger partial charge is 0.138 e. The number of nitrogens with one attached hydrogen (secondary N) is 1. The lowest BCUT2D eigenvalue weighted by Gasteiger charge is -2.13. The molecule has 1 aromatic carbocycles. The molecule has 1 N–H and O–H groups in total. The average molecular weight is 246 g/mol. The van der Waals surface area contributed by atoms with E-state index in [1.807, 2.05) is 0 Å². The Morgan fingerprint density at radius 2 is 2.27 bits per heavy atom. The molecule has 0 amide bonds. The van der Waals surface area contributed by atoms with Gasteiger partial charge in [0.25, 0.3) is 0 Å². The highest BCUT2D eigenvalue weighted by Crippen LogP contribution is 2.27. The molecule has 2 nitrogen and oxygen atoms in total. The molecule has 15 heavy (non-hydrogen) atoms. The van der Waals surface area contributed by atoms with Gasteiger partial charge in [-0.3, -0.25) is 0 Å². The van der Waals surface area contributed by atoms with Gasteiger partial charge in [0.1, 0.15) is 12.4 Å². The van der Waals surface area contributed by atoms with E-state index >= 15 is 0 Å². The second kappa shape index (κ2) is 5.06. The molecule has 1 atom stereocenters. The molecule has 1 aliphatic rings. The van der Waals surface area contributed by atoms with Gasteiger partial charge in [-0.2, -0.15) is 0 Å². The molecule has 0 aromatic heterocycles. The molecule has 4 heteroatoms. The maximum absolute atomic E-state index is 5.99. The molecule has 0 radical (unpaired) electrons. The lowest BCUT2D eigenvalue weighted by Crippen LogP contribution is -2.28. The van der Waals surface area contributed by atoms with Crippen LogP contribution in [0.3, 0.4) is 0 Å². The van der Waals surface area contributed by atoms with E-state index in [1.165, 1.54) is 12.8 Å². The van der Waals surface area contributed by atoms with Crippen molar-refractivity contribution in [3.05, 3.63) is 28.2 Å². The summed E-state index contributed by atoms with van der Waals surface area (Å²) in [7, 11) is 0. The highest BCUT2D eigenvalue weighted by Gasteiger charge is 2.14. The van der Waals surface area contributed by atoms with Crippen LogP contribution in [0.2, 0.25) is 10.0 Å². The molecule has 1 aromatic rings. The van der Waals surface area contributed by atoms with E-state index in [1.54, 1.807) is 18.2 Å². The Bertz CT molecular complexity index is 337. The molecule has 1 saturated heterocycles. The summed E-state index contributed by atoms with van der Waals surface area (Å²) < 4.78 is 5.62. The van der Waals surface area contributed by atoms with Crippen molar-refractivity contribution in [2.45, 2.75) is 18.9 Å². The predicted molar refractivity (Wildman–Crippen MR) is 63.0 cm³/mol. The molecule has 0 saturated carbocycles. The van der Waals surface area contributed by atoms with Crippen molar-refractivity contribution < 1.29 is 4.74 Å². The van der Waals surface area contributed by atoms with Gasteiger partial charge in [0.15, 0.2) is 0 Å². The summed E-state index contributed by atoms with van der Waals surface area (Å²) in [5.41, 5.74) is 0. The fourth-order valence-electron chi connectivity index (χ4n) is 1.68. The zero-order valence-corrected chi connectivity index (χ0v) is 9.81. The van der Waals surface area contributed by atoms with Gasteiger partial charge in [0.05, 0.1) is 5.02 Å². The Labute approximate surface area is 99.5 Å². The van der Waals surface area contributed by atoms with Crippen LogP contribution >= 0.6 is 23.2 Å². The molecule has 0 aliphatic carbocycles. The number of halogens is 2. The maximum atomic E-state index is 5.99. The van der Waals surface area contributed by atoms with Crippen LogP contribution in [-0.2, 0) is 0 Å². The number of ether oxygens (including phenoxy) is 1. The van der Waals surface area contributed by atoms with Crippen LogP contribution in [0.4, 0.5) is 0 Å². The zero-order chi connectivity index (χ0) is 10.7. The van der Waals surface area contributed by atoms with E-state index in [-0.39, 0.29) is 0 Å². The molecular weight excluding hydrogens is 233 g/mol.